The van der Waals surface area contributed by atoms with Crippen LogP contribution < -0.4 is 4.90 Å². The molecule has 0 radical (unpaired) electrons. The molecule has 5 heteroatoms. The van der Waals surface area contributed by atoms with Gasteiger partial charge in [0, 0.05) is 18.3 Å². The Morgan fingerprint density at radius 3 is 2.54 bits per heavy atom. The molecule has 1 atom stereocenters. The fraction of sp³-hybridized carbons (Fsp3) is 0.333. The van der Waals surface area contributed by atoms with Crippen LogP contribution in [0.15, 0.2) is 54.6 Å². The second-order valence-corrected chi connectivity index (χ2v) is 6.64. The third kappa shape index (κ3) is 4.11. The molecule has 1 aliphatic heterocycles. The summed E-state index contributed by atoms with van der Waals surface area (Å²) in [5.41, 5.74) is 2.99. The van der Waals surface area contributed by atoms with Crippen LogP contribution >= 0.6 is 0 Å². The molecule has 1 aliphatic rings. The van der Waals surface area contributed by atoms with Crippen molar-refractivity contribution < 1.29 is 14.3 Å². The molecule has 0 aromatic heterocycles. The number of amides is 2. The Labute approximate surface area is 154 Å². The number of benzene rings is 2. The Hall–Kier alpha value is -2.66. The maximum absolute atomic E-state index is 12.6. The SMILES string of the molecule is Cc1ccccc1N1C[C@@H](C)N(C(=O)COCc2ccccc2)CC1=O. The van der Waals surface area contributed by atoms with E-state index in [1.807, 2.05) is 68.4 Å². The lowest BCUT2D eigenvalue weighted by Gasteiger charge is -2.39. The number of carbonyl (C=O) groups excluding carboxylic acids is 2. The minimum atomic E-state index is -0.147. The van der Waals surface area contributed by atoms with Crippen LogP contribution in [-0.4, -0.2) is 42.5 Å². The summed E-state index contributed by atoms with van der Waals surface area (Å²) >= 11 is 0. The van der Waals surface area contributed by atoms with Crippen LogP contribution in [0, 0.1) is 6.92 Å². The molecule has 0 N–H and O–H groups in total. The van der Waals surface area contributed by atoms with Gasteiger partial charge in [0.25, 0.3) is 0 Å². The van der Waals surface area contributed by atoms with Gasteiger partial charge >= 0.3 is 0 Å². The Morgan fingerprint density at radius 2 is 1.81 bits per heavy atom. The highest BCUT2D eigenvalue weighted by Crippen LogP contribution is 2.23. The first-order valence-corrected chi connectivity index (χ1v) is 8.83. The van der Waals surface area contributed by atoms with Crippen molar-refractivity contribution >= 4 is 17.5 Å². The van der Waals surface area contributed by atoms with Crippen LogP contribution in [0.3, 0.4) is 0 Å². The van der Waals surface area contributed by atoms with Gasteiger partial charge in [0.2, 0.25) is 11.8 Å². The van der Waals surface area contributed by atoms with E-state index in [9.17, 15) is 9.59 Å². The highest BCUT2D eigenvalue weighted by atomic mass is 16.5. The Balaban J connectivity index is 1.58. The smallest absolute Gasteiger partial charge is 0.249 e. The Morgan fingerprint density at radius 1 is 1.12 bits per heavy atom. The largest absolute Gasteiger partial charge is 0.367 e. The van der Waals surface area contributed by atoms with Crippen molar-refractivity contribution in [2.24, 2.45) is 0 Å². The number of carbonyl (C=O) groups is 2. The molecule has 136 valence electrons. The first kappa shape index (κ1) is 18.1. The predicted octanol–water partition coefficient (Wildman–Crippen LogP) is 2.78. The highest BCUT2D eigenvalue weighted by Gasteiger charge is 2.33. The Bertz CT molecular complexity index is 776. The third-order valence-electron chi connectivity index (χ3n) is 4.65. The van der Waals surface area contributed by atoms with Gasteiger partial charge in [-0.15, -0.1) is 0 Å². The molecule has 0 saturated carbocycles. The maximum Gasteiger partial charge on any atom is 0.249 e. The lowest BCUT2D eigenvalue weighted by Crippen LogP contribution is -2.58. The van der Waals surface area contributed by atoms with Crippen molar-refractivity contribution in [3.63, 3.8) is 0 Å². The molecule has 2 aromatic carbocycles. The standard InChI is InChI=1S/C21H24N2O3/c1-16-8-6-7-11-19(16)23-12-17(2)22(13-20(23)24)21(25)15-26-14-18-9-4-3-5-10-18/h3-11,17H,12-15H2,1-2H3/t17-/m1/s1. The zero-order valence-electron chi connectivity index (χ0n) is 15.2. The number of ether oxygens (including phenoxy) is 1. The van der Waals surface area contributed by atoms with Gasteiger partial charge in [0.15, 0.2) is 0 Å². The Kier molecular flexibility index (Phi) is 5.68. The molecule has 26 heavy (non-hydrogen) atoms. The van der Waals surface area contributed by atoms with Crippen LogP contribution in [0.4, 0.5) is 5.69 Å². The van der Waals surface area contributed by atoms with Gasteiger partial charge in [-0.3, -0.25) is 9.59 Å². The van der Waals surface area contributed by atoms with Crippen LogP contribution in [-0.2, 0) is 20.9 Å². The van der Waals surface area contributed by atoms with Crippen molar-refractivity contribution in [3.8, 4) is 0 Å². The number of aryl methyl sites for hydroxylation is 1. The van der Waals surface area contributed by atoms with Crippen molar-refractivity contribution in [1.29, 1.82) is 0 Å². The maximum atomic E-state index is 12.6. The summed E-state index contributed by atoms with van der Waals surface area (Å²) in [7, 11) is 0. The lowest BCUT2D eigenvalue weighted by molar-refractivity contribution is -0.143. The van der Waals surface area contributed by atoms with Crippen LogP contribution in [0.25, 0.3) is 0 Å². The molecule has 3 rings (SSSR count). The third-order valence-corrected chi connectivity index (χ3v) is 4.65. The quantitative estimate of drug-likeness (QED) is 0.831. The van der Waals surface area contributed by atoms with Crippen molar-refractivity contribution in [2.45, 2.75) is 26.5 Å². The van der Waals surface area contributed by atoms with E-state index in [2.05, 4.69) is 0 Å². The number of hydrogen-bond donors (Lipinski definition) is 0. The lowest BCUT2D eigenvalue weighted by atomic mass is 10.1. The minimum Gasteiger partial charge on any atom is -0.367 e. The monoisotopic (exact) mass is 352 g/mol. The molecular weight excluding hydrogens is 328 g/mol. The molecule has 0 aliphatic carbocycles. The van der Waals surface area contributed by atoms with Gasteiger partial charge < -0.3 is 14.5 Å². The van der Waals surface area contributed by atoms with Gasteiger partial charge in [-0.1, -0.05) is 48.5 Å². The zero-order valence-corrected chi connectivity index (χ0v) is 15.2. The molecule has 0 spiro atoms. The molecule has 2 amide bonds. The molecular formula is C21H24N2O3. The number of hydrogen-bond acceptors (Lipinski definition) is 3. The summed E-state index contributed by atoms with van der Waals surface area (Å²) in [6.07, 6.45) is 0. The van der Waals surface area contributed by atoms with Crippen molar-refractivity contribution in [3.05, 3.63) is 65.7 Å². The van der Waals surface area contributed by atoms with Crippen molar-refractivity contribution in [1.82, 2.24) is 4.90 Å². The number of nitrogens with zero attached hydrogens (tertiary/aromatic N) is 2. The molecule has 1 saturated heterocycles. The second kappa shape index (κ2) is 8.15. The van der Waals surface area contributed by atoms with E-state index in [1.165, 1.54) is 0 Å². The van der Waals surface area contributed by atoms with Gasteiger partial charge in [-0.2, -0.15) is 0 Å². The van der Waals surface area contributed by atoms with Gasteiger partial charge in [-0.25, -0.2) is 0 Å². The number of anilines is 1. The average Bonchev–Trinajstić information content (AvgIpc) is 2.64. The van der Waals surface area contributed by atoms with E-state index >= 15 is 0 Å². The fourth-order valence-electron chi connectivity index (χ4n) is 3.20. The number of rotatable bonds is 5. The normalized spacial score (nSPS) is 17.5. The van der Waals surface area contributed by atoms with E-state index in [0.717, 1.165) is 16.8 Å². The summed E-state index contributed by atoms with van der Waals surface area (Å²) in [5.74, 6) is -0.208. The second-order valence-electron chi connectivity index (χ2n) is 6.64. The van der Waals surface area contributed by atoms with Crippen molar-refractivity contribution in [2.75, 3.05) is 24.6 Å². The van der Waals surface area contributed by atoms with E-state index in [0.29, 0.717) is 13.2 Å². The van der Waals surface area contributed by atoms with Crippen LogP contribution in [0.1, 0.15) is 18.1 Å². The minimum absolute atomic E-state index is 0.0170. The van der Waals surface area contributed by atoms with E-state index in [-0.39, 0.29) is 31.0 Å². The molecule has 0 unspecified atom stereocenters. The number of piperazine rings is 1. The van der Waals surface area contributed by atoms with Gasteiger partial charge in [0.05, 0.1) is 6.61 Å². The first-order chi connectivity index (χ1) is 12.6. The summed E-state index contributed by atoms with van der Waals surface area (Å²) in [5, 5.41) is 0. The van der Waals surface area contributed by atoms with Gasteiger partial charge in [0.1, 0.15) is 13.2 Å². The number of para-hydroxylation sites is 1. The molecule has 0 bridgehead atoms. The van der Waals surface area contributed by atoms with E-state index in [4.69, 9.17) is 4.74 Å². The predicted molar refractivity (Wildman–Crippen MR) is 101 cm³/mol. The van der Waals surface area contributed by atoms with E-state index in [1.54, 1.807) is 9.80 Å². The first-order valence-electron chi connectivity index (χ1n) is 8.83. The summed E-state index contributed by atoms with van der Waals surface area (Å²) < 4.78 is 5.53. The summed E-state index contributed by atoms with van der Waals surface area (Å²) in [6, 6.07) is 17.5. The summed E-state index contributed by atoms with van der Waals surface area (Å²) in [4.78, 5) is 28.5. The molecule has 2 aromatic rings. The molecule has 1 fully saturated rings. The topological polar surface area (TPSA) is 49.9 Å². The van der Waals surface area contributed by atoms with E-state index < -0.39 is 0 Å². The molecule has 5 nitrogen and oxygen atoms in total. The van der Waals surface area contributed by atoms with Crippen LogP contribution in [0.5, 0.6) is 0 Å². The fourth-order valence-corrected chi connectivity index (χ4v) is 3.20. The summed E-state index contributed by atoms with van der Waals surface area (Å²) in [6.45, 7) is 4.90. The average molecular weight is 352 g/mol. The van der Waals surface area contributed by atoms with Gasteiger partial charge in [-0.05, 0) is 31.0 Å². The van der Waals surface area contributed by atoms with Crippen LogP contribution in [0.2, 0.25) is 0 Å². The molecule has 1 heterocycles. The zero-order chi connectivity index (χ0) is 18.5. The highest BCUT2D eigenvalue weighted by molar-refractivity contribution is 5.98.